The highest BCUT2D eigenvalue weighted by Gasteiger charge is 2.42. The Morgan fingerprint density at radius 2 is 1.46 bits per heavy atom. The number of ether oxygens (including phenoxy) is 1. The zero-order chi connectivity index (χ0) is 27.1. The van der Waals surface area contributed by atoms with Gasteiger partial charge in [0.2, 0.25) is 11.8 Å². The smallest absolute Gasteiger partial charge is 0.408 e. The Morgan fingerprint density at radius 1 is 0.914 bits per heavy atom. The molecule has 0 spiro atoms. The number of rotatable bonds is 9. The van der Waals surface area contributed by atoms with E-state index in [1.165, 1.54) is 0 Å². The molecule has 0 fully saturated rings. The van der Waals surface area contributed by atoms with Gasteiger partial charge in [0.25, 0.3) is 0 Å². The van der Waals surface area contributed by atoms with E-state index in [4.69, 9.17) is 4.74 Å². The first-order valence-corrected chi connectivity index (χ1v) is 12.7. The van der Waals surface area contributed by atoms with Crippen molar-refractivity contribution in [2.45, 2.75) is 118 Å². The van der Waals surface area contributed by atoms with E-state index in [9.17, 15) is 14.4 Å². The quantitative estimate of drug-likeness (QED) is 0.487. The third-order valence-electron chi connectivity index (χ3n) is 5.30. The van der Waals surface area contributed by atoms with Crippen molar-refractivity contribution < 1.29 is 19.1 Å². The molecule has 2 unspecified atom stereocenters. The predicted octanol–water partition coefficient (Wildman–Crippen LogP) is 5.38. The molecule has 0 bridgehead atoms. The number of carbonyl (C=O) groups is 3. The van der Waals surface area contributed by atoms with Gasteiger partial charge in [0, 0.05) is 11.6 Å². The Balaban J connectivity index is 3.55. The van der Waals surface area contributed by atoms with Gasteiger partial charge in [-0.1, -0.05) is 45.0 Å². The Labute approximate surface area is 212 Å². The van der Waals surface area contributed by atoms with Crippen LogP contribution in [0.4, 0.5) is 4.79 Å². The molecule has 0 saturated heterocycles. The number of benzene rings is 1. The summed E-state index contributed by atoms with van der Waals surface area (Å²) in [6.07, 6.45) is 0.639. The molecule has 7 heteroatoms. The Hall–Kier alpha value is -2.57. The van der Waals surface area contributed by atoms with E-state index in [1.54, 1.807) is 25.7 Å². The van der Waals surface area contributed by atoms with Crippen molar-refractivity contribution in [3.8, 4) is 0 Å². The summed E-state index contributed by atoms with van der Waals surface area (Å²) in [6, 6.07) is 6.01. The number of carbonyl (C=O) groups excluding carboxylic acids is 3. The van der Waals surface area contributed by atoms with Crippen LogP contribution >= 0.6 is 0 Å². The molecule has 0 aliphatic carbocycles. The molecule has 3 amide bonds. The number of alkyl carbamates (subject to hydrolysis) is 1. The Morgan fingerprint density at radius 3 is 1.86 bits per heavy atom. The van der Waals surface area contributed by atoms with E-state index in [2.05, 4.69) is 17.6 Å². The number of aryl methyl sites for hydroxylation is 1. The highest BCUT2D eigenvalue weighted by atomic mass is 16.6. The Kier molecular flexibility index (Phi) is 10.8. The maximum atomic E-state index is 14.1. The summed E-state index contributed by atoms with van der Waals surface area (Å²) in [6.45, 7) is 20.9. The molecule has 0 heterocycles. The largest absolute Gasteiger partial charge is 0.444 e. The van der Waals surface area contributed by atoms with Crippen LogP contribution in [-0.2, 0) is 20.7 Å². The van der Waals surface area contributed by atoms with Gasteiger partial charge < -0.3 is 20.3 Å². The number of hydrogen-bond acceptors (Lipinski definition) is 4. The molecule has 1 rings (SSSR count). The van der Waals surface area contributed by atoms with Gasteiger partial charge in [0.05, 0.1) is 0 Å². The maximum Gasteiger partial charge on any atom is 0.408 e. The van der Waals surface area contributed by atoms with Crippen molar-refractivity contribution in [1.82, 2.24) is 15.5 Å². The molecule has 0 aromatic heterocycles. The van der Waals surface area contributed by atoms with E-state index in [0.717, 1.165) is 17.5 Å². The lowest BCUT2D eigenvalue weighted by Gasteiger charge is -2.43. The van der Waals surface area contributed by atoms with Gasteiger partial charge in [-0.2, -0.15) is 0 Å². The van der Waals surface area contributed by atoms with E-state index in [-0.39, 0.29) is 23.8 Å². The molecular formula is C28H47N3O4. The fourth-order valence-electron chi connectivity index (χ4n) is 3.87. The van der Waals surface area contributed by atoms with Crippen molar-refractivity contribution >= 4 is 17.9 Å². The highest BCUT2D eigenvalue weighted by Crippen LogP contribution is 2.31. The van der Waals surface area contributed by atoms with E-state index >= 15 is 0 Å². The van der Waals surface area contributed by atoms with Gasteiger partial charge in [-0.15, -0.1) is 0 Å². The van der Waals surface area contributed by atoms with Crippen LogP contribution < -0.4 is 10.6 Å². The summed E-state index contributed by atoms with van der Waals surface area (Å²) in [7, 11) is 0. The molecule has 198 valence electrons. The molecule has 0 saturated carbocycles. The SMILES string of the molecule is CCc1ccc(C(C(=O)NC(C)C)N(C(=O)C(CC(C)C)NC(=O)OC(C)(C)C)C(C)(C)C)cc1. The second-order valence-electron chi connectivity index (χ2n) is 11.9. The lowest BCUT2D eigenvalue weighted by molar-refractivity contribution is -0.149. The lowest BCUT2D eigenvalue weighted by atomic mass is 9.93. The van der Waals surface area contributed by atoms with Gasteiger partial charge in [0.1, 0.15) is 17.7 Å². The van der Waals surface area contributed by atoms with Crippen LogP contribution in [0.15, 0.2) is 24.3 Å². The lowest BCUT2D eigenvalue weighted by Crippen LogP contribution is -2.59. The molecule has 7 nitrogen and oxygen atoms in total. The fraction of sp³-hybridized carbons (Fsp3) is 0.679. The van der Waals surface area contributed by atoms with Gasteiger partial charge in [-0.05, 0) is 85.3 Å². The summed E-state index contributed by atoms with van der Waals surface area (Å²) < 4.78 is 5.44. The normalized spacial score (nSPS) is 13.9. The average Bonchev–Trinajstić information content (AvgIpc) is 2.67. The number of nitrogens with zero attached hydrogens (tertiary/aromatic N) is 1. The van der Waals surface area contributed by atoms with Crippen LogP contribution in [0.1, 0.15) is 99.8 Å². The van der Waals surface area contributed by atoms with Crippen molar-refractivity contribution in [3.05, 3.63) is 35.4 Å². The van der Waals surface area contributed by atoms with Crippen LogP contribution in [0.2, 0.25) is 0 Å². The fourth-order valence-corrected chi connectivity index (χ4v) is 3.87. The third kappa shape index (κ3) is 9.90. The van der Waals surface area contributed by atoms with E-state index in [0.29, 0.717) is 6.42 Å². The highest BCUT2D eigenvalue weighted by molar-refractivity contribution is 5.92. The molecule has 1 aromatic rings. The first-order valence-electron chi connectivity index (χ1n) is 12.7. The van der Waals surface area contributed by atoms with Gasteiger partial charge in [-0.25, -0.2) is 4.79 Å². The number of amides is 3. The second kappa shape index (κ2) is 12.4. The van der Waals surface area contributed by atoms with E-state index in [1.807, 2.05) is 72.7 Å². The van der Waals surface area contributed by atoms with Crippen molar-refractivity contribution in [2.75, 3.05) is 0 Å². The van der Waals surface area contributed by atoms with Gasteiger partial charge >= 0.3 is 6.09 Å². The molecular weight excluding hydrogens is 442 g/mol. The minimum absolute atomic E-state index is 0.0943. The molecule has 2 N–H and O–H groups in total. The minimum atomic E-state index is -0.856. The zero-order valence-electron chi connectivity index (χ0n) is 23.6. The topological polar surface area (TPSA) is 87.7 Å². The average molecular weight is 490 g/mol. The first kappa shape index (κ1) is 30.5. The summed E-state index contributed by atoms with van der Waals surface area (Å²) in [4.78, 5) is 41.9. The molecule has 0 radical (unpaired) electrons. The second-order valence-corrected chi connectivity index (χ2v) is 11.9. The number of nitrogens with one attached hydrogen (secondary N) is 2. The summed E-state index contributed by atoms with van der Waals surface area (Å²) in [5.74, 6) is -0.443. The third-order valence-corrected chi connectivity index (χ3v) is 5.30. The van der Waals surface area contributed by atoms with Crippen LogP contribution in [0.3, 0.4) is 0 Å². The predicted molar refractivity (Wildman–Crippen MR) is 141 cm³/mol. The Bertz CT molecular complexity index is 848. The molecule has 35 heavy (non-hydrogen) atoms. The van der Waals surface area contributed by atoms with Crippen molar-refractivity contribution in [2.24, 2.45) is 5.92 Å². The van der Waals surface area contributed by atoms with E-state index < -0.39 is 29.3 Å². The van der Waals surface area contributed by atoms with Gasteiger partial charge in [0.15, 0.2) is 0 Å². The van der Waals surface area contributed by atoms with Crippen LogP contribution in [0.25, 0.3) is 0 Å². The summed E-state index contributed by atoms with van der Waals surface area (Å²) in [5.41, 5.74) is 0.475. The molecule has 1 aromatic carbocycles. The van der Waals surface area contributed by atoms with Crippen molar-refractivity contribution in [3.63, 3.8) is 0 Å². The first-order chi connectivity index (χ1) is 16.0. The minimum Gasteiger partial charge on any atom is -0.444 e. The molecule has 0 aliphatic heterocycles. The number of hydrogen-bond donors (Lipinski definition) is 2. The zero-order valence-corrected chi connectivity index (χ0v) is 23.6. The summed E-state index contributed by atoms with van der Waals surface area (Å²) >= 11 is 0. The maximum absolute atomic E-state index is 14.1. The van der Waals surface area contributed by atoms with Gasteiger partial charge in [-0.3, -0.25) is 9.59 Å². The standard InChI is InChI=1S/C28H47N3O4/c1-12-20-13-15-21(16-14-20)23(24(32)29-19(4)5)31(27(6,7)8)25(33)22(17-18(2)3)30-26(34)35-28(9,10)11/h13-16,18-19,22-23H,12,17H2,1-11H3,(H,29,32)(H,30,34). The molecule has 0 aliphatic rings. The summed E-state index contributed by atoms with van der Waals surface area (Å²) in [5, 5.41) is 5.76. The van der Waals surface area contributed by atoms with Crippen molar-refractivity contribution in [1.29, 1.82) is 0 Å². The van der Waals surface area contributed by atoms with Crippen LogP contribution in [0, 0.1) is 5.92 Å². The monoisotopic (exact) mass is 489 g/mol. The van der Waals surface area contributed by atoms with Crippen LogP contribution in [-0.4, -0.2) is 46.0 Å². The molecule has 2 atom stereocenters. The van der Waals surface area contributed by atoms with Crippen LogP contribution in [0.5, 0.6) is 0 Å².